The van der Waals surface area contributed by atoms with Gasteiger partial charge < -0.3 is 25.4 Å². The zero-order chi connectivity index (χ0) is 29.7. The second-order valence-electron chi connectivity index (χ2n) is 10.9. The molecule has 1 saturated heterocycles. The molecule has 1 aliphatic rings. The number of rotatable bonds is 9. The van der Waals surface area contributed by atoms with Gasteiger partial charge in [-0.2, -0.15) is 0 Å². The largest absolute Gasteiger partial charge is 0.381 e. The summed E-state index contributed by atoms with van der Waals surface area (Å²) in [4.78, 5) is 41.5. The van der Waals surface area contributed by atoms with Gasteiger partial charge in [-0.05, 0) is 68.5 Å². The smallest absolute Gasteiger partial charge is 0.256 e. The summed E-state index contributed by atoms with van der Waals surface area (Å²) in [6.07, 6.45) is -1.59. The van der Waals surface area contributed by atoms with Crippen LogP contribution in [0.25, 0.3) is 0 Å². The highest BCUT2D eigenvalue weighted by atomic mass is 19.1. The van der Waals surface area contributed by atoms with Crippen LogP contribution in [0.2, 0.25) is 0 Å². The average Bonchev–Trinajstić information content (AvgIpc) is 3.28. The summed E-state index contributed by atoms with van der Waals surface area (Å²) in [6.45, 7) is 6.91. The number of aliphatic hydroxyl groups is 1. The molecule has 3 amide bonds. The van der Waals surface area contributed by atoms with Gasteiger partial charge in [-0.15, -0.1) is 0 Å². The average molecular weight is 562 g/mol. The van der Waals surface area contributed by atoms with Gasteiger partial charge in [0.15, 0.2) is 6.10 Å². The lowest BCUT2D eigenvalue weighted by molar-refractivity contribution is -0.147. The lowest BCUT2D eigenvalue weighted by Crippen LogP contribution is -2.58. The zero-order valence-electron chi connectivity index (χ0n) is 23.7. The molecule has 0 radical (unpaired) electrons. The molecule has 3 N–H and O–H groups in total. The second kappa shape index (κ2) is 12.6. The van der Waals surface area contributed by atoms with Gasteiger partial charge in [-0.3, -0.25) is 14.4 Å². The highest BCUT2D eigenvalue weighted by Gasteiger charge is 2.50. The van der Waals surface area contributed by atoms with Crippen LogP contribution in [0, 0.1) is 19.7 Å². The molecule has 216 valence electrons. The van der Waals surface area contributed by atoms with Crippen molar-refractivity contribution in [3.63, 3.8) is 0 Å². The molecule has 4 rings (SSSR count). The zero-order valence-corrected chi connectivity index (χ0v) is 23.7. The first kappa shape index (κ1) is 29.9. The SMILES string of the molecule is Cc1ccccc1CNC(=O)[C@H]1N(C(=O)[C@@H](O)[C@H](Cc2ccccc2)NC(=O)c2cccc(F)c2C)COC1(C)C. The van der Waals surface area contributed by atoms with Gasteiger partial charge in [0.05, 0.1) is 11.6 Å². The number of aliphatic hydroxyl groups excluding tert-OH is 1. The number of halogens is 1. The molecule has 41 heavy (non-hydrogen) atoms. The maximum Gasteiger partial charge on any atom is 0.256 e. The quantitative estimate of drug-likeness (QED) is 0.371. The first-order chi connectivity index (χ1) is 19.5. The van der Waals surface area contributed by atoms with Gasteiger partial charge in [-0.25, -0.2) is 4.39 Å². The fourth-order valence-corrected chi connectivity index (χ4v) is 5.05. The Hall–Kier alpha value is -4.08. The summed E-state index contributed by atoms with van der Waals surface area (Å²) in [5, 5.41) is 17.0. The Labute approximate surface area is 239 Å². The summed E-state index contributed by atoms with van der Waals surface area (Å²) in [5.41, 5.74) is 1.96. The van der Waals surface area contributed by atoms with Gasteiger partial charge >= 0.3 is 0 Å². The predicted octanol–water partition coefficient (Wildman–Crippen LogP) is 3.42. The van der Waals surface area contributed by atoms with E-state index in [1.54, 1.807) is 13.8 Å². The van der Waals surface area contributed by atoms with Crippen molar-refractivity contribution in [3.05, 3.63) is 106 Å². The Morgan fingerprint density at radius 3 is 2.41 bits per heavy atom. The van der Waals surface area contributed by atoms with Gasteiger partial charge in [0.25, 0.3) is 11.8 Å². The lowest BCUT2D eigenvalue weighted by Gasteiger charge is -2.32. The number of hydrogen-bond acceptors (Lipinski definition) is 5. The van der Waals surface area contributed by atoms with E-state index in [0.717, 1.165) is 16.7 Å². The van der Waals surface area contributed by atoms with Crippen LogP contribution in [0.5, 0.6) is 0 Å². The molecule has 8 nitrogen and oxygen atoms in total. The minimum absolute atomic E-state index is 0.0989. The van der Waals surface area contributed by atoms with Crippen molar-refractivity contribution in [3.8, 4) is 0 Å². The molecule has 9 heteroatoms. The molecule has 0 bridgehead atoms. The number of nitrogens with one attached hydrogen (secondary N) is 2. The van der Waals surface area contributed by atoms with Crippen molar-refractivity contribution in [1.29, 1.82) is 0 Å². The van der Waals surface area contributed by atoms with E-state index in [1.807, 2.05) is 61.5 Å². The normalized spacial score (nSPS) is 17.5. The predicted molar refractivity (Wildman–Crippen MR) is 152 cm³/mol. The van der Waals surface area contributed by atoms with Crippen LogP contribution in [0.15, 0.2) is 72.8 Å². The van der Waals surface area contributed by atoms with E-state index in [9.17, 15) is 23.9 Å². The minimum Gasteiger partial charge on any atom is -0.381 e. The van der Waals surface area contributed by atoms with Gasteiger partial charge in [0.1, 0.15) is 18.6 Å². The number of hydrogen-bond donors (Lipinski definition) is 3. The van der Waals surface area contributed by atoms with Crippen LogP contribution in [-0.4, -0.2) is 58.2 Å². The highest BCUT2D eigenvalue weighted by Crippen LogP contribution is 2.29. The molecular formula is C32H36FN3O5. The number of amides is 3. The van der Waals surface area contributed by atoms with Gasteiger partial charge in [-0.1, -0.05) is 60.7 Å². The fraction of sp³-hybridized carbons (Fsp3) is 0.344. The summed E-state index contributed by atoms with van der Waals surface area (Å²) in [5.74, 6) is -2.34. The Balaban J connectivity index is 1.56. The first-order valence-corrected chi connectivity index (χ1v) is 13.5. The molecule has 0 saturated carbocycles. The number of nitrogens with zero attached hydrogens (tertiary/aromatic N) is 1. The van der Waals surface area contributed by atoms with Crippen molar-refractivity contribution in [2.45, 2.75) is 64.4 Å². The Morgan fingerprint density at radius 2 is 1.71 bits per heavy atom. The van der Waals surface area contributed by atoms with E-state index in [4.69, 9.17) is 4.74 Å². The molecule has 1 fully saturated rings. The first-order valence-electron chi connectivity index (χ1n) is 13.5. The molecule has 1 aliphatic heterocycles. The third kappa shape index (κ3) is 6.81. The molecule has 0 spiro atoms. The monoisotopic (exact) mass is 561 g/mol. The van der Waals surface area contributed by atoms with Crippen molar-refractivity contribution in [2.24, 2.45) is 0 Å². The van der Waals surface area contributed by atoms with Crippen LogP contribution < -0.4 is 10.6 Å². The van der Waals surface area contributed by atoms with Crippen LogP contribution in [0.3, 0.4) is 0 Å². The topological polar surface area (TPSA) is 108 Å². The highest BCUT2D eigenvalue weighted by molar-refractivity contribution is 5.97. The summed E-state index contributed by atoms with van der Waals surface area (Å²) < 4.78 is 20.0. The molecule has 0 aromatic heterocycles. The Bertz CT molecular complexity index is 1410. The molecule has 3 atom stereocenters. The maximum atomic E-state index is 14.2. The van der Waals surface area contributed by atoms with Crippen molar-refractivity contribution < 1.29 is 28.6 Å². The molecule has 0 aliphatic carbocycles. The number of ether oxygens (including phenoxy) is 1. The molecular weight excluding hydrogens is 525 g/mol. The van der Waals surface area contributed by atoms with Crippen LogP contribution in [0.1, 0.15) is 46.5 Å². The number of benzene rings is 3. The van der Waals surface area contributed by atoms with E-state index >= 15 is 0 Å². The van der Waals surface area contributed by atoms with E-state index in [2.05, 4.69) is 10.6 Å². The van der Waals surface area contributed by atoms with Crippen LogP contribution in [0.4, 0.5) is 4.39 Å². The number of carbonyl (C=O) groups is 3. The molecule has 0 unspecified atom stereocenters. The maximum absolute atomic E-state index is 14.2. The van der Waals surface area contributed by atoms with Crippen LogP contribution >= 0.6 is 0 Å². The standard InChI is InChI=1S/C32H36FN3O5/c1-20-11-8-9-14-23(20)18-34-30(39)28-32(3,4)41-19-36(28)31(40)27(37)26(17-22-12-6-5-7-13-22)35-29(38)24-15-10-16-25(33)21(24)2/h5-16,26-28,37H,17-19H2,1-4H3,(H,34,39)(H,35,38)/t26-,27-,28+/m0/s1. The van der Waals surface area contributed by atoms with E-state index in [-0.39, 0.29) is 30.8 Å². The number of aryl methyl sites for hydroxylation is 1. The van der Waals surface area contributed by atoms with E-state index in [1.165, 1.54) is 30.0 Å². The lowest BCUT2D eigenvalue weighted by atomic mass is 9.95. The Morgan fingerprint density at radius 1 is 1.02 bits per heavy atom. The molecule has 1 heterocycles. The summed E-state index contributed by atoms with van der Waals surface area (Å²) in [7, 11) is 0. The van der Waals surface area contributed by atoms with E-state index in [0.29, 0.717) is 0 Å². The Kier molecular flexibility index (Phi) is 9.20. The van der Waals surface area contributed by atoms with Gasteiger partial charge in [0.2, 0.25) is 5.91 Å². The van der Waals surface area contributed by atoms with Crippen LogP contribution in [-0.2, 0) is 27.3 Å². The summed E-state index contributed by atoms with van der Waals surface area (Å²) in [6, 6.07) is 18.8. The second-order valence-corrected chi connectivity index (χ2v) is 10.9. The number of carbonyl (C=O) groups excluding carboxylic acids is 3. The third-order valence-electron chi connectivity index (χ3n) is 7.55. The van der Waals surface area contributed by atoms with Crippen molar-refractivity contribution >= 4 is 17.7 Å². The molecule has 3 aromatic carbocycles. The summed E-state index contributed by atoms with van der Waals surface area (Å²) >= 11 is 0. The van der Waals surface area contributed by atoms with Crippen molar-refractivity contribution in [1.82, 2.24) is 15.5 Å². The third-order valence-corrected chi connectivity index (χ3v) is 7.55. The van der Waals surface area contributed by atoms with Gasteiger partial charge in [0, 0.05) is 12.1 Å². The fourth-order valence-electron chi connectivity index (χ4n) is 5.05. The van der Waals surface area contributed by atoms with E-state index < -0.39 is 47.3 Å². The van der Waals surface area contributed by atoms with Crippen molar-refractivity contribution in [2.75, 3.05) is 6.73 Å². The molecule has 3 aromatic rings. The minimum atomic E-state index is -1.71.